The number of ketones is 1. The van der Waals surface area contributed by atoms with E-state index in [2.05, 4.69) is 14.7 Å². The Labute approximate surface area is 128 Å². The van der Waals surface area contributed by atoms with Gasteiger partial charge in [0.25, 0.3) is 0 Å². The van der Waals surface area contributed by atoms with Gasteiger partial charge in [-0.3, -0.25) is 4.79 Å². The van der Waals surface area contributed by atoms with E-state index >= 15 is 0 Å². The first-order valence-electron chi connectivity index (χ1n) is 6.87. The van der Waals surface area contributed by atoms with Crippen LogP contribution in [0.5, 0.6) is 5.88 Å². The molecule has 0 aliphatic rings. The number of ether oxygens (including phenoxy) is 2. The third-order valence-corrected chi connectivity index (χ3v) is 2.73. The second kappa shape index (κ2) is 7.87. The zero-order valence-electron chi connectivity index (χ0n) is 12.2. The summed E-state index contributed by atoms with van der Waals surface area (Å²) in [6.45, 7) is 2.16. The smallest absolute Gasteiger partial charge is 0.375 e. The van der Waals surface area contributed by atoms with Gasteiger partial charge in [0.2, 0.25) is 11.7 Å². The van der Waals surface area contributed by atoms with E-state index in [-0.39, 0.29) is 18.9 Å². The average molecular weight is 300 g/mol. The van der Waals surface area contributed by atoms with Crippen LogP contribution in [-0.4, -0.2) is 28.3 Å². The molecule has 6 heteroatoms. The van der Waals surface area contributed by atoms with Crippen LogP contribution in [0.15, 0.2) is 42.6 Å². The van der Waals surface area contributed by atoms with E-state index in [1.54, 1.807) is 13.0 Å². The predicted molar refractivity (Wildman–Crippen MR) is 78.2 cm³/mol. The normalized spacial score (nSPS) is 10.0. The second-order valence-electron chi connectivity index (χ2n) is 4.41. The Kier molecular flexibility index (Phi) is 5.59. The molecule has 0 saturated carbocycles. The SMILES string of the molecule is CCOC(=O)C(=O)Cc1nccc(OCc2ccccc2)n1. The molecule has 2 aromatic rings. The number of hydrogen-bond acceptors (Lipinski definition) is 6. The number of carbonyl (C=O) groups excluding carboxylic acids is 2. The van der Waals surface area contributed by atoms with Gasteiger partial charge in [0, 0.05) is 12.3 Å². The van der Waals surface area contributed by atoms with Crippen molar-refractivity contribution in [2.24, 2.45) is 0 Å². The Morgan fingerprint density at radius 2 is 1.91 bits per heavy atom. The van der Waals surface area contributed by atoms with E-state index in [9.17, 15) is 9.59 Å². The number of carbonyl (C=O) groups is 2. The van der Waals surface area contributed by atoms with Crippen LogP contribution in [0.4, 0.5) is 0 Å². The molecule has 0 aliphatic carbocycles. The van der Waals surface area contributed by atoms with Gasteiger partial charge in [-0.05, 0) is 12.5 Å². The first kappa shape index (κ1) is 15.6. The Bertz CT molecular complexity index is 644. The van der Waals surface area contributed by atoms with Gasteiger partial charge in [0.05, 0.1) is 13.0 Å². The molecule has 1 aromatic heterocycles. The van der Waals surface area contributed by atoms with Crippen LogP contribution in [0, 0.1) is 0 Å². The molecule has 22 heavy (non-hydrogen) atoms. The minimum absolute atomic E-state index is 0.158. The standard InChI is InChI=1S/C16H16N2O4/c1-2-21-16(20)13(19)10-14-17-9-8-15(18-14)22-11-12-6-4-3-5-7-12/h3-9H,2,10-11H2,1H3. The molecule has 1 heterocycles. The second-order valence-corrected chi connectivity index (χ2v) is 4.41. The third kappa shape index (κ3) is 4.66. The van der Waals surface area contributed by atoms with Gasteiger partial charge >= 0.3 is 5.97 Å². The first-order valence-corrected chi connectivity index (χ1v) is 6.87. The van der Waals surface area contributed by atoms with Crippen molar-refractivity contribution in [3.8, 4) is 5.88 Å². The van der Waals surface area contributed by atoms with E-state index in [1.807, 2.05) is 30.3 Å². The molecule has 0 N–H and O–H groups in total. The lowest BCUT2D eigenvalue weighted by molar-refractivity contribution is -0.153. The van der Waals surface area contributed by atoms with Gasteiger partial charge in [0.15, 0.2) is 0 Å². The lowest BCUT2D eigenvalue weighted by Gasteiger charge is -2.06. The molecule has 1 aromatic carbocycles. The number of esters is 1. The number of Topliss-reactive ketones (excluding diaryl/α,β-unsaturated/α-hetero) is 1. The molecule has 0 spiro atoms. The van der Waals surface area contributed by atoms with E-state index < -0.39 is 11.8 Å². The van der Waals surface area contributed by atoms with Crippen molar-refractivity contribution >= 4 is 11.8 Å². The van der Waals surface area contributed by atoms with E-state index in [4.69, 9.17) is 4.74 Å². The number of rotatable bonds is 7. The van der Waals surface area contributed by atoms with Crippen LogP contribution < -0.4 is 4.74 Å². The highest BCUT2D eigenvalue weighted by Crippen LogP contribution is 2.09. The summed E-state index contributed by atoms with van der Waals surface area (Å²) in [5.74, 6) is -0.974. The van der Waals surface area contributed by atoms with Crippen LogP contribution in [0.25, 0.3) is 0 Å². The van der Waals surface area contributed by atoms with Gasteiger partial charge in [-0.1, -0.05) is 30.3 Å². The zero-order valence-corrected chi connectivity index (χ0v) is 12.2. The maximum absolute atomic E-state index is 11.6. The molecule has 0 unspecified atom stereocenters. The molecule has 6 nitrogen and oxygen atoms in total. The van der Waals surface area contributed by atoms with Gasteiger partial charge in [0.1, 0.15) is 12.4 Å². The predicted octanol–water partition coefficient (Wildman–Crippen LogP) is 1.73. The minimum Gasteiger partial charge on any atom is -0.473 e. The summed E-state index contributed by atoms with van der Waals surface area (Å²) >= 11 is 0. The molecule has 0 saturated heterocycles. The van der Waals surface area contributed by atoms with Crippen molar-refractivity contribution in [2.45, 2.75) is 20.0 Å². The van der Waals surface area contributed by atoms with E-state index in [0.717, 1.165) is 5.56 Å². The molecule has 2 rings (SSSR count). The maximum Gasteiger partial charge on any atom is 0.375 e. The van der Waals surface area contributed by atoms with Gasteiger partial charge in [-0.25, -0.2) is 9.78 Å². The van der Waals surface area contributed by atoms with Crippen molar-refractivity contribution in [3.05, 3.63) is 54.0 Å². The summed E-state index contributed by atoms with van der Waals surface area (Å²) in [5.41, 5.74) is 1.00. The molecule has 0 radical (unpaired) electrons. The van der Waals surface area contributed by atoms with Crippen LogP contribution >= 0.6 is 0 Å². The molecule has 0 atom stereocenters. The molecule has 0 amide bonds. The summed E-state index contributed by atoms with van der Waals surface area (Å²) in [4.78, 5) is 30.9. The van der Waals surface area contributed by atoms with Crippen molar-refractivity contribution in [2.75, 3.05) is 6.61 Å². The van der Waals surface area contributed by atoms with Gasteiger partial charge < -0.3 is 9.47 Å². The highest BCUT2D eigenvalue weighted by atomic mass is 16.5. The number of benzene rings is 1. The Morgan fingerprint density at radius 3 is 2.64 bits per heavy atom. The topological polar surface area (TPSA) is 78.4 Å². The fourth-order valence-electron chi connectivity index (χ4n) is 1.70. The summed E-state index contributed by atoms with van der Waals surface area (Å²) in [6.07, 6.45) is 1.28. The summed E-state index contributed by atoms with van der Waals surface area (Å²) in [7, 11) is 0. The number of aromatic nitrogens is 2. The molecular formula is C16H16N2O4. The fraction of sp³-hybridized carbons (Fsp3) is 0.250. The largest absolute Gasteiger partial charge is 0.473 e. The molecule has 0 fully saturated rings. The van der Waals surface area contributed by atoms with Crippen molar-refractivity contribution in [3.63, 3.8) is 0 Å². The molecule has 0 aliphatic heterocycles. The van der Waals surface area contributed by atoms with Gasteiger partial charge in [-0.15, -0.1) is 0 Å². The van der Waals surface area contributed by atoms with Crippen molar-refractivity contribution in [1.29, 1.82) is 0 Å². The van der Waals surface area contributed by atoms with Crippen molar-refractivity contribution < 1.29 is 19.1 Å². The Balaban J connectivity index is 1.95. The summed E-state index contributed by atoms with van der Waals surface area (Å²) in [5, 5.41) is 0. The van der Waals surface area contributed by atoms with Crippen molar-refractivity contribution in [1.82, 2.24) is 9.97 Å². The highest BCUT2D eigenvalue weighted by Gasteiger charge is 2.17. The van der Waals surface area contributed by atoms with Crippen LogP contribution in [0.2, 0.25) is 0 Å². The first-order chi connectivity index (χ1) is 10.7. The van der Waals surface area contributed by atoms with Gasteiger partial charge in [-0.2, -0.15) is 4.98 Å². The summed E-state index contributed by atoms with van der Waals surface area (Å²) in [6, 6.07) is 11.2. The lowest BCUT2D eigenvalue weighted by atomic mass is 10.2. The third-order valence-electron chi connectivity index (χ3n) is 2.73. The highest BCUT2D eigenvalue weighted by molar-refractivity contribution is 6.33. The maximum atomic E-state index is 11.6. The van der Waals surface area contributed by atoms with E-state index in [1.165, 1.54) is 6.20 Å². The molecule has 0 bridgehead atoms. The van der Waals surface area contributed by atoms with Crippen LogP contribution in [0.3, 0.4) is 0 Å². The van der Waals surface area contributed by atoms with Crippen LogP contribution in [0.1, 0.15) is 18.3 Å². The molecular weight excluding hydrogens is 284 g/mol. The van der Waals surface area contributed by atoms with Crippen LogP contribution in [-0.2, 0) is 27.4 Å². The Morgan fingerprint density at radius 1 is 1.14 bits per heavy atom. The Hall–Kier alpha value is -2.76. The summed E-state index contributed by atoms with van der Waals surface area (Å²) < 4.78 is 10.2. The minimum atomic E-state index is -0.873. The monoisotopic (exact) mass is 300 g/mol. The molecule has 114 valence electrons. The zero-order chi connectivity index (χ0) is 15.8. The fourth-order valence-corrected chi connectivity index (χ4v) is 1.70. The number of nitrogens with zero attached hydrogens (tertiary/aromatic N) is 2. The van der Waals surface area contributed by atoms with E-state index in [0.29, 0.717) is 12.5 Å². The quantitative estimate of drug-likeness (QED) is 0.572. The average Bonchev–Trinajstić information content (AvgIpc) is 2.54. The number of hydrogen-bond donors (Lipinski definition) is 0. The lowest BCUT2D eigenvalue weighted by Crippen LogP contribution is -2.20.